The van der Waals surface area contributed by atoms with Crippen LogP contribution in [-0.4, -0.2) is 112 Å². The molecule has 3 heterocycles. The lowest BCUT2D eigenvalue weighted by molar-refractivity contribution is -0.222. The van der Waals surface area contributed by atoms with Crippen molar-refractivity contribution in [1.82, 2.24) is 24.8 Å². The van der Waals surface area contributed by atoms with Crippen LogP contribution in [0.2, 0.25) is 0 Å². The number of carboxylic acid groups (broad SMARTS) is 1. The van der Waals surface area contributed by atoms with E-state index in [1.165, 1.54) is 27.0 Å². The SMILES string of the molecule is COc1cc2cc(-c3ccc(OC(C)C)cc3)nc(O[C@@H]3C[C@H]4C(=O)N[C@]5(C(=O)NS(=O)(=O)C6(C)CC6)C[C@H]5C=CCC[C@@H](C)C[C@@H](C)[C@H](N(C(=O)O)C(C)(C)C(F)(F)F)C(=O)N4C3)c2cc1F. The number of rotatable bonds is 11. The van der Waals surface area contributed by atoms with Gasteiger partial charge in [-0.15, -0.1) is 0 Å². The Morgan fingerprint density at radius 3 is 2.34 bits per heavy atom. The smallest absolute Gasteiger partial charge is 0.411 e. The van der Waals surface area contributed by atoms with E-state index in [-0.39, 0.29) is 53.2 Å². The van der Waals surface area contributed by atoms with Gasteiger partial charge in [0.05, 0.1) is 30.2 Å². The predicted molar refractivity (Wildman–Crippen MR) is 243 cm³/mol. The molecule has 3 aromatic rings. The van der Waals surface area contributed by atoms with E-state index in [0.29, 0.717) is 61.9 Å². The first kappa shape index (κ1) is 50.2. The fourth-order valence-corrected chi connectivity index (χ4v) is 10.6. The van der Waals surface area contributed by atoms with Crippen LogP contribution >= 0.6 is 0 Å². The molecule has 1 saturated heterocycles. The standard InChI is InChI=1S/C48H59F4N5O10S/c1-26(2)66-32-15-13-29(14-16-32)36-20-30-21-38(65-8)35(49)23-34(30)41(53-36)67-33-22-37-40(58)54-47(43(60)55-68(63,64)46(7)17-18-46)24-31(47)12-10-9-11-27(3)19-28(4)39(42(59)56(37)25-33)57(44(61)62)45(5,6)48(50,51)52/h10,12-16,20-21,23,26-28,31,33,37,39H,9,11,17-19,22,24-25H2,1-8H3,(H,54,58)(H,55,60)(H,61,62)/t27-,28-,31-,33-,37+,39+,47-/m1/s1. The molecule has 0 unspecified atom stereocenters. The van der Waals surface area contributed by atoms with E-state index in [9.17, 15) is 41.1 Å². The number of methoxy groups -OCH3 is 1. The minimum absolute atomic E-state index is 0.00200. The van der Waals surface area contributed by atoms with Crippen LogP contribution < -0.4 is 24.2 Å². The fourth-order valence-electron chi connectivity index (χ4n) is 9.34. The van der Waals surface area contributed by atoms with Crippen molar-refractivity contribution in [2.75, 3.05) is 13.7 Å². The summed E-state index contributed by atoms with van der Waals surface area (Å²) in [6, 6.07) is 7.70. The highest BCUT2D eigenvalue weighted by Gasteiger charge is 2.64. The van der Waals surface area contributed by atoms with Gasteiger partial charge >= 0.3 is 12.3 Å². The zero-order valence-electron chi connectivity index (χ0n) is 39.3. The van der Waals surface area contributed by atoms with Gasteiger partial charge in [-0.2, -0.15) is 13.2 Å². The Morgan fingerprint density at radius 1 is 1.06 bits per heavy atom. The van der Waals surface area contributed by atoms with Gasteiger partial charge in [0.1, 0.15) is 35.0 Å². The second kappa shape index (κ2) is 18.3. The summed E-state index contributed by atoms with van der Waals surface area (Å²) in [5.41, 5.74) is -3.92. The Bertz CT molecular complexity index is 2600. The van der Waals surface area contributed by atoms with Gasteiger partial charge < -0.3 is 29.5 Å². The number of carbonyl (C=O) groups is 4. The van der Waals surface area contributed by atoms with Crippen LogP contribution in [0.4, 0.5) is 22.4 Å². The third-order valence-corrected chi connectivity index (χ3v) is 16.0. The summed E-state index contributed by atoms with van der Waals surface area (Å²) in [6.07, 6.45) is -3.65. The molecule has 3 N–H and O–H groups in total. The molecule has 0 radical (unpaired) electrons. The topological polar surface area (TPSA) is 194 Å². The first-order valence-corrected chi connectivity index (χ1v) is 24.3. The summed E-state index contributed by atoms with van der Waals surface area (Å²) in [5, 5.41) is 13.9. The van der Waals surface area contributed by atoms with Gasteiger partial charge in [0.25, 0.3) is 5.91 Å². The largest absolute Gasteiger partial charge is 0.494 e. The highest BCUT2D eigenvalue weighted by Crippen LogP contribution is 2.48. The van der Waals surface area contributed by atoms with Crippen molar-refractivity contribution < 1.29 is 64.5 Å². The zero-order valence-corrected chi connectivity index (χ0v) is 40.1. The normalized spacial score (nSPS) is 26.5. The second-order valence-electron chi connectivity index (χ2n) is 19.8. The first-order valence-electron chi connectivity index (χ1n) is 22.8. The summed E-state index contributed by atoms with van der Waals surface area (Å²) >= 11 is 0. The molecule has 1 aromatic heterocycles. The molecule has 68 heavy (non-hydrogen) atoms. The van der Waals surface area contributed by atoms with Crippen molar-refractivity contribution in [1.29, 1.82) is 0 Å². The fraction of sp³-hybridized carbons (Fsp3) is 0.562. The maximum absolute atomic E-state index is 15.5. The number of nitrogens with one attached hydrogen (secondary N) is 2. The summed E-state index contributed by atoms with van der Waals surface area (Å²) in [4.78, 5) is 63.2. The Kier molecular flexibility index (Phi) is 13.5. The molecule has 3 fully saturated rings. The summed E-state index contributed by atoms with van der Waals surface area (Å²) < 4.78 is 105. The molecule has 2 aliphatic heterocycles. The molecule has 4 amide bonds. The van der Waals surface area contributed by atoms with E-state index >= 15 is 9.18 Å². The van der Waals surface area contributed by atoms with Gasteiger partial charge in [0.2, 0.25) is 27.7 Å². The van der Waals surface area contributed by atoms with E-state index in [4.69, 9.17) is 19.2 Å². The monoisotopic (exact) mass is 973 g/mol. The Morgan fingerprint density at radius 2 is 1.74 bits per heavy atom. The highest BCUT2D eigenvalue weighted by atomic mass is 32.2. The van der Waals surface area contributed by atoms with Crippen LogP contribution in [0.15, 0.2) is 54.6 Å². The lowest BCUT2D eigenvalue weighted by atomic mass is 9.85. The molecule has 2 saturated carbocycles. The van der Waals surface area contributed by atoms with Crippen molar-refractivity contribution in [3.8, 4) is 28.6 Å². The van der Waals surface area contributed by atoms with Gasteiger partial charge in [-0.25, -0.2) is 22.6 Å². The number of carbonyl (C=O) groups excluding carboxylic acids is 3. The van der Waals surface area contributed by atoms with E-state index in [2.05, 4.69) is 10.0 Å². The number of ether oxygens (including phenoxy) is 3. The number of halogens is 4. The van der Waals surface area contributed by atoms with Crippen molar-refractivity contribution >= 4 is 44.6 Å². The number of aromatic nitrogens is 1. The molecule has 7 rings (SSSR count). The van der Waals surface area contributed by atoms with Crippen LogP contribution in [0.25, 0.3) is 22.0 Å². The number of benzene rings is 2. The average molecular weight is 974 g/mol. The number of allylic oxidation sites excluding steroid dienone is 1. The quantitative estimate of drug-likeness (QED) is 0.126. The molecule has 0 spiro atoms. The number of alkyl halides is 3. The van der Waals surface area contributed by atoms with Crippen LogP contribution in [-0.2, 0) is 24.4 Å². The number of pyridine rings is 1. The summed E-state index contributed by atoms with van der Waals surface area (Å²) in [6.45, 7) is 9.43. The maximum atomic E-state index is 15.5. The number of fused-ring (bicyclic) bond motifs is 3. The van der Waals surface area contributed by atoms with Crippen molar-refractivity contribution in [3.05, 3.63) is 60.4 Å². The molecule has 370 valence electrons. The van der Waals surface area contributed by atoms with Crippen molar-refractivity contribution in [2.45, 2.75) is 140 Å². The molecule has 15 nitrogen and oxygen atoms in total. The van der Waals surface area contributed by atoms with E-state index in [1.807, 2.05) is 20.8 Å². The van der Waals surface area contributed by atoms with Gasteiger partial charge in [-0.1, -0.05) is 26.0 Å². The third-order valence-electron chi connectivity index (χ3n) is 13.9. The summed E-state index contributed by atoms with van der Waals surface area (Å²) in [7, 11) is -2.88. The predicted octanol–water partition coefficient (Wildman–Crippen LogP) is 7.76. The van der Waals surface area contributed by atoms with Gasteiger partial charge in [0.15, 0.2) is 11.6 Å². The molecule has 4 aliphatic rings. The number of amides is 4. The molecule has 0 bridgehead atoms. The minimum atomic E-state index is -5.15. The zero-order chi connectivity index (χ0) is 49.9. The molecule has 2 aromatic carbocycles. The van der Waals surface area contributed by atoms with Crippen LogP contribution in [0.5, 0.6) is 17.4 Å². The van der Waals surface area contributed by atoms with Gasteiger partial charge in [-0.05, 0) is 133 Å². The lowest BCUT2D eigenvalue weighted by Crippen LogP contribution is -2.66. The first-order chi connectivity index (χ1) is 31.7. The molecule has 2 aliphatic carbocycles. The van der Waals surface area contributed by atoms with Crippen LogP contribution in [0.1, 0.15) is 93.4 Å². The Hall–Kier alpha value is -5.66. The Balaban J connectivity index is 1.33. The molecule has 20 heteroatoms. The highest BCUT2D eigenvalue weighted by molar-refractivity contribution is 7.91. The number of nitrogens with zero attached hydrogens (tertiary/aromatic N) is 3. The van der Waals surface area contributed by atoms with Gasteiger partial charge in [0, 0.05) is 23.3 Å². The van der Waals surface area contributed by atoms with Gasteiger partial charge in [-0.3, -0.25) is 24.0 Å². The second-order valence-corrected chi connectivity index (χ2v) is 22.0. The van der Waals surface area contributed by atoms with E-state index in [0.717, 1.165) is 11.0 Å². The molecule has 7 atom stereocenters. The summed E-state index contributed by atoms with van der Waals surface area (Å²) in [5.74, 6) is -5.37. The Labute approximate surface area is 393 Å². The van der Waals surface area contributed by atoms with E-state index < -0.39 is 98.2 Å². The lowest BCUT2D eigenvalue weighted by Gasteiger charge is -2.45. The maximum Gasteiger partial charge on any atom is 0.411 e. The molecular weight excluding hydrogens is 915 g/mol. The number of hydrogen-bond acceptors (Lipinski definition) is 10. The van der Waals surface area contributed by atoms with Crippen LogP contribution in [0, 0.1) is 23.6 Å². The third kappa shape index (κ3) is 9.79. The van der Waals surface area contributed by atoms with Crippen molar-refractivity contribution in [2.24, 2.45) is 17.8 Å². The van der Waals surface area contributed by atoms with Crippen LogP contribution in [0.3, 0.4) is 0 Å². The van der Waals surface area contributed by atoms with E-state index in [1.54, 1.807) is 42.5 Å². The average Bonchev–Trinajstić information content (AvgIpc) is 4.13. The number of hydrogen-bond donors (Lipinski definition) is 3. The van der Waals surface area contributed by atoms with Crippen molar-refractivity contribution in [3.63, 3.8) is 0 Å². The molecular formula is C48H59F4N5O10S. The number of sulfonamides is 1. The minimum Gasteiger partial charge on any atom is -0.494 e.